The topological polar surface area (TPSA) is 38.7 Å². The Labute approximate surface area is 349 Å². The summed E-state index contributed by atoms with van der Waals surface area (Å²) in [5.41, 5.74) is 14.9. The molecule has 0 aliphatic rings. The second-order valence-electron chi connectivity index (χ2n) is 15.2. The molecule has 3 nitrogen and oxygen atoms in total. The molecule has 0 aliphatic carbocycles. The van der Waals surface area contributed by atoms with E-state index in [0.717, 1.165) is 66.8 Å². The molecule has 280 valence electrons. The summed E-state index contributed by atoms with van der Waals surface area (Å²) in [6.45, 7) is 0. The number of aromatic nitrogens is 3. The molecular formula is C57H37N3. The Bertz CT molecular complexity index is 3340. The lowest BCUT2D eigenvalue weighted by atomic mass is 9.90. The highest BCUT2D eigenvalue weighted by Gasteiger charge is 2.17. The molecule has 2 heterocycles. The molecule has 2 aromatic heterocycles. The molecule has 0 saturated carbocycles. The van der Waals surface area contributed by atoms with E-state index in [9.17, 15) is 0 Å². The van der Waals surface area contributed by atoms with Gasteiger partial charge in [0.15, 0.2) is 5.82 Å². The lowest BCUT2D eigenvalue weighted by molar-refractivity contribution is 1.23. The first-order valence-electron chi connectivity index (χ1n) is 20.3. The van der Waals surface area contributed by atoms with Crippen LogP contribution in [0.4, 0.5) is 0 Å². The Morgan fingerprint density at radius 2 is 0.850 bits per heavy atom. The third-order valence-electron chi connectivity index (χ3n) is 11.5. The average Bonchev–Trinajstić information content (AvgIpc) is 3.34. The fourth-order valence-corrected chi connectivity index (χ4v) is 8.50. The van der Waals surface area contributed by atoms with Crippen LogP contribution in [0.2, 0.25) is 0 Å². The zero-order valence-electron chi connectivity index (χ0n) is 32.7. The van der Waals surface area contributed by atoms with Gasteiger partial charge in [0, 0.05) is 28.3 Å². The van der Waals surface area contributed by atoms with Crippen molar-refractivity contribution in [3.8, 4) is 78.4 Å². The van der Waals surface area contributed by atoms with Gasteiger partial charge in [-0.15, -0.1) is 0 Å². The SMILES string of the molecule is c1ccc(-c2cccc(-c3ccc4nc(-c5cc(-c6ccc(-c7ccccn7)cc6)cc(-c6cc7ccccc7c7ccccc67)c5)nc(-c5ccccc5)c4c3)c2)cc1. The summed E-state index contributed by atoms with van der Waals surface area (Å²) in [6, 6.07) is 77.6. The van der Waals surface area contributed by atoms with Crippen LogP contribution in [0.1, 0.15) is 0 Å². The molecule has 0 unspecified atom stereocenters. The van der Waals surface area contributed by atoms with Crippen LogP contribution in [0, 0.1) is 0 Å². The van der Waals surface area contributed by atoms with E-state index in [1.54, 1.807) is 0 Å². The van der Waals surface area contributed by atoms with Gasteiger partial charge in [0.2, 0.25) is 0 Å². The molecular weight excluding hydrogens is 727 g/mol. The second-order valence-corrected chi connectivity index (χ2v) is 15.2. The molecule has 0 saturated heterocycles. The normalized spacial score (nSPS) is 11.3. The summed E-state index contributed by atoms with van der Waals surface area (Å²) >= 11 is 0. The maximum Gasteiger partial charge on any atom is 0.160 e. The second kappa shape index (κ2) is 15.1. The average molecular weight is 764 g/mol. The molecule has 0 radical (unpaired) electrons. The van der Waals surface area contributed by atoms with Gasteiger partial charge in [0.1, 0.15) is 0 Å². The van der Waals surface area contributed by atoms with E-state index in [1.165, 1.54) is 38.2 Å². The number of pyridine rings is 1. The standard InChI is InChI=1S/C57H37N3/c1-3-14-38(15-4-1)42-19-13-20-43(32-42)44-29-30-55-53(36-44)56(41-16-5-2-6-17-41)60-57(59-55)48-34-46(39-25-27-40(28-26-39)54-24-11-12-31-58-54)33-47(35-48)52-37-45-18-7-8-21-49(45)50-22-9-10-23-51(50)52/h1-37H. The molecule has 0 N–H and O–H groups in total. The summed E-state index contributed by atoms with van der Waals surface area (Å²) < 4.78 is 0. The third-order valence-corrected chi connectivity index (χ3v) is 11.5. The fraction of sp³-hybridized carbons (Fsp3) is 0. The molecule has 0 amide bonds. The largest absolute Gasteiger partial charge is 0.256 e. The van der Waals surface area contributed by atoms with E-state index in [-0.39, 0.29) is 0 Å². The van der Waals surface area contributed by atoms with E-state index >= 15 is 0 Å². The van der Waals surface area contributed by atoms with Crippen molar-refractivity contribution >= 4 is 32.4 Å². The van der Waals surface area contributed by atoms with Gasteiger partial charge in [-0.3, -0.25) is 4.98 Å². The lowest BCUT2D eigenvalue weighted by Crippen LogP contribution is -1.97. The number of benzene rings is 9. The van der Waals surface area contributed by atoms with E-state index in [0.29, 0.717) is 5.82 Å². The van der Waals surface area contributed by atoms with E-state index in [2.05, 4.69) is 205 Å². The predicted octanol–water partition coefficient (Wildman–Crippen LogP) is 15.0. The lowest BCUT2D eigenvalue weighted by Gasteiger charge is -2.16. The molecule has 11 rings (SSSR count). The molecule has 0 fully saturated rings. The van der Waals surface area contributed by atoms with Crippen LogP contribution < -0.4 is 0 Å². The van der Waals surface area contributed by atoms with Gasteiger partial charge in [-0.05, 0) is 121 Å². The van der Waals surface area contributed by atoms with Crippen molar-refractivity contribution in [2.75, 3.05) is 0 Å². The van der Waals surface area contributed by atoms with Crippen molar-refractivity contribution < 1.29 is 0 Å². The highest BCUT2D eigenvalue weighted by molar-refractivity contribution is 6.14. The van der Waals surface area contributed by atoms with Crippen molar-refractivity contribution in [3.63, 3.8) is 0 Å². The van der Waals surface area contributed by atoms with Crippen LogP contribution in [0.3, 0.4) is 0 Å². The van der Waals surface area contributed by atoms with Crippen LogP contribution in [0.15, 0.2) is 225 Å². The van der Waals surface area contributed by atoms with Crippen LogP contribution in [0.5, 0.6) is 0 Å². The number of rotatable bonds is 7. The summed E-state index contributed by atoms with van der Waals surface area (Å²) in [6.07, 6.45) is 1.84. The third kappa shape index (κ3) is 6.58. The Morgan fingerprint density at radius 1 is 0.283 bits per heavy atom. The van der Waals surface area contributed by atoms with Crippen LogP contribution in [-0.2, 0) is 0 Å². The molecule has 0 spiro atoms. The van der Waals surface area contributed by atoms with Crippen molar-refractivity contribution in [1.29, 1.82) is 0 Å². The first-order chi connectivity index (χ1) is 29.7. The van der Waals surface area contributed by atoms with Crippen molar-refractivity contribution in [1.82, 2.24) is 15.0 Å². The Kier molecular flexibility index (Phi) is 8.83. The Balaban J connectivity index is 1.11. The fourth-order valence-electron chi connectivity index (χ4n) is 8.50. The highest BCUT2D eigenvalue weighted by atomic mass is 14.9. The first-order valence-corrected chi connectivity index (χ1v) is 20.3. The molecule has 60 heavy (non-hydrogen) atoms. The van der Waals surface area contributed by atoms with Gasteiger partial charge in [-0.1, -0.05) is 164 Å². The number of hydrogen-bond donors (Lipinski definition) is 0. The maximum absolute atomic E-state index is 5.46. The van der Waals surface area contributed by atoms with Crippen LogP contribution in [-0.4, -0.2) is 15.0 Å². The molecule has 11 aromatic rings. The van der Waals surface area contributed by atoms with Crippen molar-refractivity contribution in [3.05, 3.63) is 225 Å². The van der Waals surface area contributed by atoms with Crippen LogP contribution in [0.25, 0.3) is 111 Å². The van der Waals surface area contributed by atoms with Gasteiger partial charge >= 0.3 is 0 Å². The summed E-state index contributed by atoms with van der Waals surface area (Å²) in [7, 11) is 0. The maximum atomic E-state index is 5.46. The molecule has 0 aliphatic heterocycles. The summed E-state index contributed by atoms with van der Waals surface area (Å²) in [4.78, 5) is 15.4. The minimum atomic E-state index is 0.679. The zero-order valence-corrected chi connectivity index (χ0v) is 32.7. The van der Waals surface area contributed by atoms with Gasteiger partial charge in [0.25, 0.3) is 0 Å². The van der Waals surface area contributed by atoms with Crippen molar-refractivity contribution in [2.24, 2.45) is 0 Å². The number of nitrogens with zero attached hydrogens (tertiary/aromatic N) is 3. The molecule has 9 aromatic carbocycles. The Morgan fingerprint density at radius 3 is 1.63 bits per heavy atom. The monoisotopic (exact) mass is 763 g/mol. The zero-order chi connectivity index (χ0) is 39.8. The van der Waals surface area contributed by atoms with E-state index in [1.807, 2.05) is 24.4 Å². The highest BCUT2D eigenvalue weighted by Crippen LogP contribution is 2.40. The van der Waals surface area contributed by atoms with Crippen LogP contribution >= 0.6 is 0 Å². The Hall–Kier alpha value is -8.01. The first kappa shape index (κ1) is 35.2. The molecule has 3 heteroatoms. The van der Waals surface area contributed by atoms with Gasteiger partial charge in [-0.25, -0.2) is 9.97 Å². The number of fused-ring (bicyclic) bond motifs is 4. The molecule has 0 bridgehead atoms. The van der Waals surface area contributed by atoms with Gasteiger partial charge in [-0.2, -0.15) is 0 Å². The van der Waals surface area contributed by atoms with E-state index < -0.39 is 0 Å². The summed E-state index contributed by atoms with van der Waals surface area (Å²) in [5.74, 6) is 0.679. The molecule has 0 atom stereocenters. The minimum Gasteiger partial charge on any atom is -0.256 e. The van der Waals surface area contributed by atoms with Gasteiger partial charge < -0.3 is 0 Å². The predicted molar refractivity (Wildman–Crippen MR) is 250 cm³/mol. The van der Waals surface area contributed by atoms with Gasteiger partial charge in [0.05, 0.1) is 16.9 Å². The smallest absolute Gasteiger partial charge is 0.160 e. The minimum absolute atomic E-state index is 0.679. The van der Waals surface area contributed by atoms with Crippen molar-refractivity contribution in [2.45, 2.75) is 0 Å². The summed E-state index contributed by atoms with van der Waals surface area (Å²) in [5, 5.41) is 5.90. The number of hydrogen-bond acceptors (Lipinski definition) is 3. The quantitative estimate of drug-likeness (QED) is 0.152. The van der Waals surface area contributed by atoms with E-state index in [4.69, 9.17) is 9.97 Å².